The van der Waals surface area contributed by atoms with Gasteiger partial charge in [0.05, 0.1) is 12.7 Å². The van der Waals surface area contributed by atoms with Crippen LogP contribution in [0, 0.1) is 0 Å². The Labute approximate surface area is 112 Å². The molecule has 1 N–H and O–H groups in total. The van der Waals surface area contributed by atoms with Crippen molar-refractivity contribution in [1.82, 2.24) is 10.2 Å². The van der Waals surface area contributed by atoms with Crippen molar-refractivity contribution in [3.8, 4) is 0 Å². The molecule has 4 heteroatoms. The van der Waals surface area contributed by atoms with Gasteiger partial charge in [-0.2, -0.15) is 0 Å². The first kappa shape index (κ1) is 15.9. The molecule has 0 aromatic heterocycles. The number of hydrogen-bond donors (Lipinski definition) is 1. The second-order valence-electron chi connectivity index (χ2n) is 4.88. The van der Waals surface area contributed by atoms with Gasteiger partial charge in [0.25, 0.3) is 0 Å². The zero-order chi connectivity index (χ0) is 13.1. The minimum absolute atomic E-state index is 0.460. The van der Waals surface area contributed by atoms with Crippen molar-refractivity contribution in [3.05, 3.63) is 0 Å². The maximum atomic E-state index is 5.84. The number of hydrogen-bond acceptors (Lipinski definition) is 4. The Morgan fingerprint density at radius 2 is 2.11 bits per heavy atom. The zero-order valence-corrected chi connectivity index (χ0v) is 12.1. The first-order valence-electron chi connectivity index (χ1n) is 7.49. The van der Waals surface area contributed by atoms with E-state index in [1.165, 1.54) is 19.4 Å². The fourth-order valence-corrected chi connectivity index (χ4v) is 2.29. The predicted octanol–water partition coefficient (Wildman–Crippen LogP) is 1.50. The van der Waals surface area contributed by atoms with Crippen LogP contribution < -0.4 is 5.32 Å². The van der Waals surface area contributed by atoms with E-state index in [0.29, 0.717) is 6.10 Å². The number of nitrogens with zero attached hydrogens (tertiary/aromatic N) is 1. The lowest BCUT2D eigenvalue weighted by Gasteiger charge is -2.32. The van der Waals surface area contributed by atoms with E-state index in [1.54, 1.807) is 0 Å². The number of likely N-dealkylation sites (tertiary alicyclic amines) is 1. The summed E-state index contributed by atoms with van der Waals surface area (Å²) in [6, 6.07) is 0. The molecule has 1 fully saturated rings. The average molecular weight is 258 g/mol. The third kappa shape index (κ3) is 7.31. The molecule has 1 rings (SSSR count). The lowest BCUT2D eigenvalue weighted by atomic mass is 10.1. The molecule has 1 atom stereocenters. The number of ether oxygens (including phenoxy) is 2. The van der Waals surface area contributed by atoms with Crippen LogP contribution in [0.5, 0.6) is 0 Å². The molecule has 0 saturated carbocycles. The van der Waals surface area contributed by atoms with Gasteiger partial charge >= 0.3 is 0 Å². The van der Waals surface area contributed by atoms with E-state index in [9.17, 15) is 0 Å². The summed E-state index contributed by atoms with van der Waals surface area (Å²) in [5, 5.41) is 3.42. The summed E-state index contributed by atoms with van der Waals surface area (Å²) >= 11 is 0. The van der Waals surface area contributed by atoms with Crippen LogP contribution in [0.15, 0.2) is 0 Å². The van der Waals surface area contributed by atoms with Gasteiger partial charge < -0.3 is 14.8 Å². The largest absolute Gasteiger partial charge is 0.380 e. The Balaban J connectivity index is 2.00. The van der Waals surface area contributed by atoms with E-state index in [1.807, 2.05) is 6.92 Å². The molecule has 0 spiro atoms. The van der Waals surface area contributed by atoms with E-state index >= 15 is 0 Å². The van der Waals surface area contributed by atoms with Crippen LogP contribution in [0.1, 0.15) is 33.1 Å². The minimum atomic E-state index is 0.460. The van der Waals surface area contributed by atoms with Gasteiger partial charge in [-0.25, -0.2) is 0 Å². The molecule has 0 radical (unpaired) electrons. The van der Waals surface area contributed by atoms with Crippen LogP contribution in [-0.2, 0) is 9.47 Å². The van der Waals surface area contributed by atoms with Crippen LogP contribution >= 0.6 is 0 Å². The summed E-state index contributed by atoms with van der Waals surface area (Å²) in [4.78, 5) is 2.51. The number of rotatable bonds is 10. The Morgan fingerprint density at radius 1 is 1.22 bits per heavy atom. The first-order chi connectivity index (χ1) is 8.86. The number of nitrogens with one attached hydrogen (secondary N) is 1. The van der Waals surface area contributed by atoms with Crippen LogP contribution in [0.3, 0.4) is 0 Å². The average Bonchev–Trinajstić information content (AvgIpc) is 2.41. The molecule has 1 heterocycles. The van der Waals surface area contributed by atoms with Crippen molar-refractivity contribution in [2.75, 3.05) is 52.5 Å². The zero-order valence-electron chi connectivity index (χ0n) is 12.1. The fraction of sp³-hybridized carbons (Fsp3) is 1.00. The summed E-state index contributed by atoms with van der Waals surface area (Å²) in [6.07, 6.45) is 4.08. The molecule has 18 heavy (non-hydrogen) atoms. The van der Waals surface area contributed by atoms with Crippen molar-refractivity contribution in [2.45, 2.75) is 39.2 Å². The van der Waals surface area contributed by atoms with Crippen molar-refractivity contribution in [1.29, 1.82) is 0 Å². The van der Waals surface area contributed by atoms with Crippen molar-refractivity contribution < 1.29 is 9.47 Å². The molecule has 0 amide bonds. The van der Waals surface area contributed by atoms with E-state index in [4.69, 9.17) is 9.47 Å². The Morgan fingerprint density at radius 3 is 2.89 bits per heavy atom. The summed E-state index contributed by atoms with van der Waals surface area (Å²) in [5.74, 6) is 0. The fourth-order valence-electron chi connectivity index (χ4n) is 2.29. The van der Waals surface area contributed by atoms with Gasteiger partial charge in [-0.15, -0.1) is 0 Å². The van der Waals surface area contributed by atoms with E-state index < -0.39 is 0 Å². The summed E-state index contributed by atoms with van der Waals surface area (Å²) < 4.78 is 11.1. The molecule has 0 aromatic carbocycles. The van der Waals surface area contributed by atoms with E-state index in [0.717, 1.165) is 52.4 Å². The smallest absolute Gasteiger partial charge is 0.0702 e. The maximum absolute atomic E-state index is 5.84. The second-order valence-corrected chi connectivity index (χ2v) is 4.88. The van der Waals surface area contributed by atoms with Crippen LogP contribution in [0.2, 0.25) is 0 Å². The van der Waals surface area contributed by atoms with Gasteiger partial charge in [0.15, 0.2) is 0 Å². The van der Waals surface area contributed by atoms with Gasteiger partial charge in [-0.1, -0.05) is 6.92 Å². The highest BCUT2D eigenvalue weighted by atomic mass is 16.5. The third-order valence-electron chi connectivity index (χ3n) is 3.25. The molecule has 1 unspecified atom stereocenters. The third-order valence-corrected chi connectivity index (χ3v) is 3.25. The summed E-state index contributed by atoms with van der Waals surface area (Å²) in [5.41, 5.74) is 0. The normalized spacial score (nSPS) is 21.3. The molecule has 1 aliphatic heterocycles. The Bertz CT molecular complexity index is 191. The highest BCUT2D eigenvalue weighted by Crippen LogP contribution is 2.12. The SMILES string of the molecule is CCCOC1CCCN(CCNCCOCC)C1. The molecule has 4 nitrogen and oxygen atoms in total. The highest BCUT2D eigenvalue weighted by Gasteiger charge is 2.19. The Kier molecular flexibility index (Phi) is 9.48. The van der Waals surface area contributed by atoms with Gasteiger partial charge in [-0.05, 0) is 32.7 Å². The van der Waals surface area contributed by atoms with Gasteiger partial charge in [0.2, 0.25) is 0 Å². The molecule has 0 bridgehead atoms. The molecular weight excluding hydrogens is 228 g/mol. The minimum Gasteiger partial charge on any atom is -0.380 e. The van der Waals surface area contributed by atoms with Gasteiger partial charge in [0.1, 0.15) is 0 Å². The Hall–Kier alpha value is -0.160. The van der Waals surface area contributed by atoms with Crippen LogP contribution in [0.25, 0.3) is 0 Å². The monoisotopic (exact) mass is 258 g/mol. The first-order valence-corrected chi connectivity index (χ1v) is 7.49. The van der Waals surface area contributed by atoms with Gasteiger partial charge in [-0.3, -0.25) is 4.90 Å². The molecule has 0 aromatic rings. The topological polar surface area (TPSA) is 33.7 Å². The second kappa shape index (κ2) is 10.7. The lowest BCUT2D eigenvalue weighted by Crippen LogP contribution is -2.43. The molecule has 0 aliphatic carbocycles. The quantitative estimate of drug-likeness (QED) is 0.602. The predicted molar refractivity (Wildman–Crippen MR) is 75.1 cm³/mol. The molecule has 1 aliphatic rings. The lowest BCUT2D eigenvalue weighted by molar-refractivity contribution is 0.000277. The van der Waals surface area contributed by atoms with Crippen molar-refractivity contribution in [2.24, 2.45) is 0 Å². The maximum Gasteiger partial charge on any atom is 0.0702 e. The molecule has 1 saturated heterocycles. The summed E-state index contributed by atoms with van der Waals surface area (Å²) in [6.45, 7) is 12.2. The van der Waals surface area contributed by atoms with Gasteiger partial charge in [0, 0.05) is 39.4 Å². The van der Waals surface area contributed by atoms with E-state index in [-0.39, 0.29) is 0 Å². The van der Waals surface area contributed by atoms with Crippen molar-refractivity contribution in [3.63, 3.8) is 0 Å². The summed E-state index contributed by atoms with van der Waals surface area (Å²) in [7, 11) is 0. The standard InChI is InChI=1S/C14H30N2O2/c1-3-11-18-14-6-5-9-16(13-14)10-7-15-8-12-17-4-2/h14-15H,3-13H2,1-2H3. The van der Waals surface area contributed by atoms with Crippen molar-refractivity contribution >= 4 is 0 Å². The van der Waals surface area contributed by atoms with Crippen LogP contribution in [-0.4, -0.2) is 63.5 Å². The molecule has 108 valence electrons. The van der Waals surface area contributed by atoms with E-state index in [2.05, 4.69) is 17.1 Å². The molecular formula is C14H30N2O2. The highest BCUT2D eigenvalue weighted by molar-refractivity contribution is 4.73. The number of piperidine rings is 1. The van der Waals surface area contributed by atoms with Crippen LogP contribution in [0.4, 0.5) is 0 Å².